The molecule has 0 aliphatic rings. The van der Waals surface area contributed by atoms with Crippen LogP contribution in [0.1, 0.15) is 10.5 Å². The number of amides is 1. The van der Waals surface area contributed by atoms with Crippen LogP contribution in [-0.2, 0) is 9.59 Å². The number of carboxylic acid groups (broad SMARTS) is 2. The molecule has 1 amide bonds. The molecule has 0 saturated carbocycles. The smallest absolute Gasteiger partial charge is 0.323 e. The first kappa shape index (κ1) is 14.4. The molecular weight excluding hydrogens is 276 g/mol. The predicted octanol–water partition coefficient (Wildman–Crippen LogP) is 0.846. The van der Waals surface area contributed by atoms with Gasteiger partial charge in [-0.15, -0.1) is 0 Å². The van der Waals surface area contributed by atoms with Crippen molar-refractivity contribution >= 4 is 28.7 Å². The van der Waals surface area contributed by atoms with Crippen molar-refractivity contribution < 1.29 is 24.6 Å². The fraction of sp³-hybridized carbons (Fsp3) is 0.143. The highest BCUT2D eigenvalue weighted by Crippen LogP contribution is 2.13. The average Bonchev–Trinajstić information content (AvgIpc) is 2.44. The zero-order chi connectivity index (χ0) is 15.4. The molecule has 1 aromatic carbocycles. The summed E-state index contributed by atoms with van der Waals surface area (Å²) in [6, 6.07) is 10.2. The SMILES string of the molecule is O=C(O)CN(CC(=O)O)C(=O)c1ccc2ccccc2n1. The van der Waals surface area contributed by atoms with Crippen LogP contribution in [0.5, 0.6) is 0 Å². The Bertz CT molecular complexity index is 697. The quantitative estimate of drug-likeness (QED) is 0.844. The third-order valence-corrected chi connectivity index (χ3v) is 2.76. The molecule has 0 unspecified atom stereocenters. The minimum Gasteiger partial charge on any atom is -0.480 e. The zero-order valence-electron chi connectivity index (χ0n) is 10.9. The molecule has 108 valence electrons. The van der Waals surface area contributed by atoms with E-state index in [2.05, 4.69) is 4.98 Å². The van der Waals surface area contributed by atoms with Gasteiger partial charge in [-0.05, 0) is 12.1 Å². The van der Waals surface area contributed by atoms with E-state index in [4.69, 9.17) is 10.2 Å². The van der Waals surface area contributed by atoms with Gasteiger partial charge >= 0.3 is 11.9 Å². The van der Waals surface area contributed by atoms with Crippen LogP contribution in [0.2, 0.25) is 0 Å². The number of hydrogen-bond acceptors (Lipinski definition) is 4. The van der Waals surface area contributed by atoms with Gasteiger partial charge in [-0.1, -0.05) is 24.3 Å². The molecule has 21 heavy (non-hydrogen) atoms. The molecule has 0 aliphatic heterocycles. The Morgan fingerprint density at radius 2 is 1.57 bits per heavy atom. The minimum atomic E-state index is -1.29. The molecule has 1 heterocycles. The summed E-state index contributed by atoms with van der Waals surface area (Å²) in [4.78, 5) is 38.5. The van der Waals surface area contributed by atoms with Crippen molar-refractivity contribution in [1.82, 2.24) is 9.88 Å². The van der Waals surface area contributed by atoms with Crippen LogP contribution in [0.15, 0.2) is 36.4 Å². The Balaban J connectivity index is 2.32. The largest absolute Gasteiger partial charge is 0.480 e. The minimum absolute atomic E-state index is 0.0104. The number of aliphatic carboxylic acids is 2. The second-order valence-electron chi connectivity index (χ2n) is 4.34. The first-order valence-corrected chi connectivity index (χ1v) is 6.06. The van der Waals surface area contributed by atoms with E-state index < -0.39 is 30.9 Å². The molecule has 0 saturated heterocycles. The van der Waals surface area contributed by atoms with Crippen LogP contribution >= 0.6 is 0 Å². The average molecular weight is 288 g/mol. The molecule has 0 atom stereocenters. The molecule has 2 aromatic rings. The maximum atomic E-state index is 12.2. The second kappa shape index (κ2) is 6.00. The Hall–Kier alpha value is -2.96. The highest BCUT2D eigenvalue weighted by Gasteiger charge is 2.22. The number of fused-ring (bicyclic) bond motifs is 1. The molecule has 2 rings (SSSR count). The fourth-order valence-electron chi connectivity index (χ4n) is 1.87. The van der Waals surface area contributed by atoms with E-state index >= 15 is 0 Å². The molecule has 0 fully saturated rings. The summed E-state index contributed by atoms with van der Waals surface area (Å²) in [5.74, 6) is -3.30. The number of hydrogen-bond donors (Lipinski definition) is 2. The number of pyridine rings is 1. The van der Waals surface area contributed by atoms with Gasteiger partial charge in [0.05, 0.1) is 5.52 Å². The van der Waals surface area contributed by atoms with E-state index in [-0.39, 0.29) is 5.69 Å². The van der Waals surface area contributed by atoms with Crippen LogP contribution in [0, 0.1) is 0 Å². The maximum absolute atomic E-state index is 12.2. The lowest BCUT2D eigenvalue weighted by atomic mass is 10.2. The number of nitrogens with zero attached hydrogens (tertiary/aromatic N) is 2. The zero-order valence-corrected chi connectivity index (χ0v) is 10.9. The number of aromatic nitrogens is 1. The molecular formula is C14H12N2O5. The second-order valence-corrected chi connectivity index (χ2v) is 4.34. The number of benzene rings is 1. The van der Waals surface area contributed by atoms with Gasteiger partial charge in [-0.25, -0.2) is 4.98 Å². The molecule has 1 aromatic heterocycles. The van der Waals surface area contributed by atoms with Crippen LogP contribution in [0.25, 0.3) is 10.9 Å². The van der Waals surface area contributed by atoms with Crippen molar-refractivity contribution in [2.24, 2.45) is 0 Å². The van der Waals surface area contributed by atoms with E-state index in [9.17, 15) is 14.4 Å². The van der Waals surface area contributed by atoms with Crippen LogP contribution < -0.4 is 0 Å². The molecule has 0 spiro atoms. The predicted molar refractivity (Wildman–Crippen MR) is 72.9 cm³/mol. The van der Waals surface area contributed by atoms with E-state index in [1.165, 1.54) is 6.07 Å². The lowest BCUT2D eigenvalue weighted by Gasteiger charge is -2.18. The van der Waals surface area contributed by atoms with Gasteiger partial charge in [0.15, 0.2) is 0 Å². The van der Waals surface area contributed by atoms with Crippen molar-refractivity contribution in [3.05, 3.63) is 42.1 Å². The molecule has 2 N–H and O–H groups in total. The van der Waals surface area contributed by atoms with Gasteiger partial charge in [0.1, 0.15) is 18.8 Å². The maximum Gasteiger partial charge on any atom is 0.323 e. The van der Waals surface area contributed by atoms with E-state index in [0.717, 1.165) is 10.3 Å². The molecule has 0 aliphatic carbocycles. The number of rotatable bonds is 5. The van der Waals surface area contributed by atoms with Crippen molar-refractivity contribution in [2.45, 2.75) is 0 Å². The lowest BCUT2D eigenvalue weighted by Crippen LogP contribution is -2.39. The number of carbonyl (C=O) groups is 3. The van der Waals surface area contributed by atoms with Gasteiger partial charge in [-0.2, -0.15) is 0 Å². The lowest BCUT2D eigenvalue weighted by molar-refractivity contribution is -0.140. The summed E-state index contributed by atoms with van der Waals surface area (Å²) >= 11 is 0. The summed E-state index contributed by atoms with van der Waals surface area (Å²) in [7, 11) is 0. The van der Waals surface area contributed by atoms with Crippen LogP contribution in [0.4, 0.5) is 0 Å². The summed E-state index contributed by atoms with van der Waals surface area (Å²) in [6.45, 7) is -1.39. The highest BCUT2D eigenvalue weighted by molar-refractivity contribution is 5.97. The Kier molecular flexibility index (Phi) is 4.13. The third kappa shape index (κ3) is 3.53. The van der Waals surface area contributed by atoms with Gasteiger partial charge in [0.25, 0.3) is 5.91 Å². The molecule has 7 heteroatoms. The van der Waals surface area contributed by atoms with E-state index in [1.54, 1.807) is 18.2 Å². The topological polar surface area (TPSA) is 108 Å². The third-order valence-electron chi connectivity index (χ3n) is 2.76. The number of carboxylic acids is 2. The number of carbonyl (C=O) groups excluding carboxylic acids is 1. The van der Waals surface area contributed by atoms with Gasteiger partial charge in [0, 0.05) is 5.39 Å². The number of para-hydroxylation sites is 1. The van der Waals surface area contributed by atoms with Gasteiger partial charge < -0.3 is 15.1 Å². The van der Waals surface area contributed by atoms with Crippen molar-refractivity contribution in [3.63, 3.8) is 0 Å². The van der Waals surface area contributed by atoms with Crippen molar-refractivity contribution in [2.75, 3.05) is 13.1 Å². The summed E-state index contributed by atoms with van der Waals surface area (Å²) in [6.07, 6.45) is 0. The van der Waals surface area contributed by atoms with Gasteiger partial charge in [-0.3, -0.25) is 14.4 Å². The Morgan fingerprint density at radius 3 is 2.19 bits per heavy atom. The normalized spacial score (nSPS) is 10.3. The molecule has 0 bridgehead atoms. The first-order chi connectivity index (χ1) is 9.97. The fourth-order valence-corrected chi connectivity index (χ4v) is 1.87. The summed E-state index contributed by atoms with van der Waals surface area (Å²) in [5.41, 5.74) is 0.588. The highest BCUT2D eigenvalue weighted by atomic mass is 16.4. The first-order valence-electron chi connectivity index (χ1n) is 6.06. The van der Waals surface area contributed by atoms with E-state index in [1.807, 2.05) is 12.1 Å². The Labute approximate surface area is 119 Å². The van der Waals surface area contributed by atoms with Gasteiger partial charge in [0.2, 0.25) is 0 Å². The monoisotopic (exact) mass is 288 g/mol. The van der Waals surface area contributed by atoms with Crippen molar-refractivity contribution in [3.8, 4) is 0 Å². The standard InChI is InChI=1S/C14H12N2O5/c17-12(18)7-16(8-13(19)20)14(21)11-6-5-9-3-1-2-4-10(9)15-11/h1-6H,7-8H2,(H,17,18)(H,19,20). The molecule has 7 nitrogen and oxygen atoms in total. The summed E-state index contributed by atoms with van der Waals surface area (Å²) in [5, 5.41) is 18.3. The van der Waals surface area contributed by atoms with Crippen molar-refractivity contribution in [1.29, 1.82) is 0 Å². The Morgan fingerprint density at radius 1 is 0.952 bits per heavy atom. The van der Waals surface area contributed by atoms with Crippen LogP contribution in [-0.4, -0.2) is 51.0 Å². The van der Waals surface area contributed by atoms with Crippen LogP contribution in [0.3, 0.4) is 0 Å². The van der Waals surface area contributed by atoms with E-state index in [0.29, 0.717) is 5.52 Å². The summed E-state index contributed by atoms with van der Waals surface area (Å²) < 4.78 is 0. The molecule has 0 radical (unpaired) electrons.